The molecule has 0 fully saturated rings. The van der Waals surface area contributed by atoms with Crippen molar-refractivity contribution < 1.29 is 22.5 Å². The second kappa shape index (κ2) is 7.33. The lowest BCUT2D eigenvalue weighted by Gasteiger charge is -2.09. The van der Waals surface area contributed by atoms with Gasteiger partial charge in [0.15, 0.2) is 6.10 Å². The van der Waals surface area contributed by atoms with E-state index in [1.54, 1.807) is 24.3 Å². The highest BCUT2D eigenvalue weighted by molar-refractivity contribution is 7.94. The van der Waals surface area contributed by atoms with Crippen molar-refractivity contribution in [3.05, 3.63) is 81.9 Å². The van der Waals surface area contributed by atoms with Gasteiger partial charge in [0.2, 0.25) is 17.4 Å². The Balaban J connectivity index is 1.63. The number of carbonyl (C=O) groups excluding carboxylic acids is 1. The van der Waals surface area contributed by atoms with Crippen LogP contribution in [0.1, 0.15) is 17.2 Å². The lowest BCUT2D eigenvalue weighted by molar-refractivity contribution is -0.122. The van der Waals surface area contributed by atoms with Gasteiger partial charge in [-0.15, -0.1) is 0 Å². The second-order valence-electron chi connectivity index (χ2n) is 5.19. The van der Waals surface area contributed by atoms with Crippen molar-refractivity contribution in [2.45, 2.75) is 11.9 Å². The molecule has 0 amide bonds. The van der Waals surface area contributed by atoms with Gasteiger partial charge in [0.25, 0.3) is 0 Å². The van der Waals surface area contributed by atoms with Gasteiger partial charge in [0.1, 0.15) is 11.6 Å². The van der Waals surface area contributed by atoms with E-state index in [0.29, 0.717) is 10.6 Å². The van der Waals surface area contributed by atoms with Crippen LogP contribution in [0.5, 0.6) is 0 Å². The van der Waals surface area contributed by atoms with E-state index in [-0.39, 0.29) is 23.0 Å². The quantitative estimate of drug-likeness (QED) is 0.782. The maximum atomic E-state index is 13.6. The Kier molecular flexibility index (Phi) is 5.15. The Labute approximate surface area is 151 Å². The van der Waals surface area contributed by atoms with Gasteiger partial charge >= 0.3 is 0 Å². The van der Waals surface area contributed by atoms with Crippen LogP contribution in [-0.4, -0.2) is 5.78 Å². The summed E-state index contributed by atoms with van der Waals surface area (Å²) >= 11 is 6.63. The summed E-state index contributed by atoms with van der Waals surface area (Å²) in [5.74, 6) is -1.99. The number of hydrogen-bond donors (Lipinski definition) is 1. The second-order valence-corrected chi connectivity index (χ2v) is 6.32. The number of ether oxygens (including phenoxy) is 1. The number of ketones is 1. The molecule has 2 aromatic rings. The smallest absolute Gasteiger partial charge is 0.249 e. The summed E-state index contributed by atoms with van der Waals surface area (Å²) in [6.07, 6.45) is -0.907. The van der Waals surface area contributed by atoms with E-state index >= 15 is 0 Å². The number of hydrogen-bond acceptors (Lipinski definition) is 5. The number of benzene rings is 2. The van der Waals surface area contributed by atoms with E-state index < -0.39 is 23.5 Å². The molecule has 1 atom stereocenters. The molecular formula is C17H12ClF2NO3S. The molecular weight excluding hydrogens is 372 g/mol. The lowest BCUT2D eigenvalue weighted by atomic mass is 10.1. The number of Topliss-reactive ketones (excluding diaryl/α,β-unsaturated/α-hetero) is 1. The highest BCUT2D eigenvalue weighted by Crippen LogP contribution is 2.34. The molecule has 0 saturated carbocycles. The summed E-state index contributed by atoms with van der Waals surface area (Å²) < 4.78 is 37.1. The number of rotatable bonds is 5. The monoisotopic (exact) mass is 383 g/mol. The Bertz CT molecular complexity index is 842. The van der Waals surface area contributed by atoms with Crippen molar-refractivity contribution >= 4 is 29.4 Å². The number of carbonyl (C=O) groups is 1. The highest BCUT2D eigenvalue weighted by atomic mass is 35.5. The van der Waals surface area contributed by atoms with Crippen LogP contribution in [0.25, 0.3) is 0 Å². The van der Waals surface area contributed by atoms with Crippen LogP contribution in [0.15, 0.2) is 54.1 Å². The van der Waals surface area contributed by atoms with Crippen molar-refractivity contribution in [1.82, 2.24) is 0 Å². The zero-order chi connectivity index (χ0) is 18.0. The van der Waals surface area contributed by atoms with Crippen LogP contribution >= 0.6 is 23.6 Å². The van der Waals surface area contributed by atoms with E-state index in [1.807, 2.05) is 0 Å². The number of halogens is 3. The van der Waals surface area contributed by atoms with Gasteiger partial charge < -0.3 is 14.7 Å². The fraction of sp³-hybridized carbons (Fsp3) is 0.118. The topological polar surface area (TPSA) is 61.5 Å². The molecule has 2 N–H and O–H groups in total. The Morgan fingerprint density at radius 1 is 1.20 bits per heavy atom. The molecule has 0 spiro atoms. The first-order valence-electron chi connectivity index (χ1n) is 7.15. The third-order valence-corrected chi connectivity index (χ3v) is 4.44. The van der Waals surface area contributed by atoms with E-state index in [9.17, 15) is 13.6 Å². The van der Waals surface area contributed by atoms with Gasteiger partial charge in [-0.3, -0.25) is 4.79 Å². The Morgan fingerprint density at radius 3 is 2.60 bits per heavy atom. The van der Waals surface area contributed by atoms with Crippen molar-refractivity contribution in [3.63, 3.8) is 0 Å². The van der Waals surface area contributed by atoms with Crippen molar-refractivity contribution in [2.75, 3.05) is 0 Å². The minimum absolute atomic E-state index is 0.0712. The predicted octanol–water partition coefficient (Wildman–Crippen LogP) is 4.25. The average Bonchev–Trinajstić information content (AvgIpc) is 2.85. The largest absolute Gasteiger partial charge is 0.460 e. The van der Waals surface area contributed by atoms with Crippen LogP contribution in [0, 0.1) is 11.6 Å². The maximum Gasteiger partial charge on any atom is 0.249 e. The molecule has 0 bridgehead atoms. The Hall–Kier alpha value is -2.25. The predicted molar refractivity (Wildman–Crippen MR) is 90.2 cm³/mol. The van der Waals surface area contributed by atoms with E-state index in [1.165, 1.54) is 6.07 Å². The molecule has 1 aliphatic rings. The lowest BCUT2D eigenvalue weighted by Crippen LogP contribution is -2.10. The van der Waals surface area contributed by atoms with E-state index in [0.717, 1.165) is 24.2 Å². The summed E-state index contributed by atoms with van der Waals surface area (Å²) in [7, 11) is 0. The summed E-state index contributed by atoms with van der Waals surface area (Å²) in [6, 6.07) is 9.81. The highest BCUT2D eigenvalue weighted by Gasteiger charge is 2.37. The zero-order valence-corrected chi connectivity index (χ0v) is 14.2. The minimum Gasteiger partial charge on any atom is -0.460 e. The van der Waals surface area contributed by atoms with Crippen LogP contribution in [0.3, 0.4) is 0 Å². The molecule has 4 nitrogen and oxygen atoms in total. The molecule has 1 unspecified atom stereocenters. The van der Waals surface area contributed by atoms with Gasteiger partial charge in [0.05, 0.1) is 17.8 Å². The van der Waals surface area contributed by atoms with Gasteiger partial charge in [-0.2, -0.15) is 0 Å². The third-order valence-electron chi connectivity index (χ3n) is 3.48. The fourth-order valence-electron chi connectivity index (χ4n) is 2.20. The van der Waals surface area contributed by atoms with Gasteiger partial charge in [0, 0.05) is 22.2 Å². The standard InChI is InChI=1S/C17H12ClF2NO3S/c18-11-4-1-9(2-5-11)15-14(22)16(17(21)23-15)24-25-8-10-3-6-12(19)7-13(10)20/h1-7,15H,8,21H2. The van der Waals surface area contributed by atoms with Crippen LogP contribution in [-0.2, 0) is 19.5 Å². The van der Waals surface area contributed by atoms with Crippen molar-refractivity contribution in [2.24, 2.45) is 5.73 Å². The molecule has 8 heteroatoms. The molecule has 0 aromatic heterocycles. The molecule has 0 aliphatic carbocycles. The SMILES string of the molecule is NC1=C(OSCc2ccc(F)cc2F)C(=O)C(c2ccc(Cl)cc2)O1. The zero-order valence-electron chi connectivity index (χ0n) is 12.7. The first-order valence-corrected chi connectivity index (χ1v) is 8.44. The van der Waals surface area contributed by atoms with Crippen LogP contribution in [0.2, 0.25) is 5.02 Å². The van der Waals surface area contributed by atoms with Crippen molar-refractivity contribution in [3.8, 4) is 0 Å². The molecule has 1 heterocycles. The molecule has 130 valence electrons. The molecule has 25 heavy (non-hydrogen) atoms. The first kappa shape index (κ1) is 17.6. The average molecular weight is 384 g/mol. The third kappa shape index (κ3) is 3.88. The number of nitrogens with two attached hydrogens (primary N) is 1. The summed E-state index contributed by atoms with van der Waals surface area (Å²) in [5.41, 5.74) is 6.54. The van der Waals surface area contributed by atoms with Gasteiger partial charge in [-0.1, -0.05) is 29.8 Å². The normalized spacial score (nSPS) is 16.9. The maximum absolute atomic E-state index is 13.6. The first-order chi connectivity index (χ1) is 12.0. The molecule has 0 saturated heterocycles. The molecule has 2 aromatic carbocycles. The van der Waals surface area contributed by atoms with Gasteiger partial charge in [-0.25, -0.2) is 8.78 Å². The molecule has 1 aliphatic heterocycles. The summed E-state index contributed by atoms with van der Waals surface area (Å²) in [4.78, 5) is 12.4. The van der Waals surface area contributed by atoms with E-state index in [2.05, 4.69) is 0 Å². The molecule has 0 radical (unpaired) electrons. The van der Waals surface area contributed by atoms with Gasteiger partial charge in [-0.05, 0) is 18.2 Å². The Morgan fingerprint density at radius 2 is 1.92 bits per heavy atom. The fourth-order valence-corrected chi connectivity index (χ4v) is 3.03. The minimum atomic E-state index is -0.907. The summed E-state index contributed by atoms with van der Waals surface area (Å²) in [6.45, 7) is 0. The van der Waals surface area contributed by atoms with Crippen molar-refractivity contribution in [1.29, 1.82) is 0 Å². The summed E-state index contributed by atoms with van der Waals surface area (Å²) in [5, 5.41) is 0.531. The van der Waals surface area contributed by atoms with Crippen LogP contribution in [0.4, 0.5) is 8.78 Å². The van der Waals surface area contributed by atoms with Crippen LogP contribution < -0.4 is 5.73 Å². The molecule has 3 rings (SSSR count). The van der Waals surface area contributed by atoms with E-state index in [4.69, 9.17) is 26.3 Å².